The van der Waals surface area contributed by atoms with Crippen LogP contribution in [0.25, 0.3) is 0 Å². The number of hydrogen-bond donors (Lipinski definition) is 1. The summed E-state index contributed by atoms with van der Waals surface area (Å²) < 4.78 is 44.8. The van der Waals surface area contributed by atoms with Crippen molar-refractivity contribution in [1.82, 2.24) is 9.71 Å². The number of aromatic nitrogens is 1. The lowest BCUT2D eigenvalue weighted by Crippen LogP contribution is -2.24. The van der Waals surface area contributed by atoms with Gasteiger partial charge in [-0.05, 0) is 19.1 Å². The normalized spacial score (nSPS) is 11.2. The number of aryl methyl sites for hydroxylation is 1. The summed E-state index contributed by atoms with van der Waals surface area (Å²) in [5.41, 5.74) is -0.524. The molecule has 0 radical (unpaired) electrons. The van der Waals surface area contributed by atoms with Crippen LogP contribution in [0.2, 0.25) is 0 Å². The van der Waals surface area contributed by atoms with Gasteiger partial charge in [-0.15, -0.1) is 0 Å². The van der Waals surface area contributed by atoms with Gasteiger partial charge in [-0.3, -0.25) is 0 Å². The van der Waals surface area contributed by atoms with Crippen LogP contribution in [0.4, 0.5) is 4.39 Å². The van der Waals surface area contributed by atoms with Crippen molar-refractivity contribution < 1.29 is 17.2 Å². The number of nitrogens with one attached hydrogen (secondary N) is 1. The highest BCUT2D eigenvalue weighted by Gasteiger charge is 2.21. The summed E-state index contributed by atoms with van der Waals surface area (Å²) >= 11 is 0. The zero-order chi connectivity index (χ0) is 14.8. The summed E-state index contributed by atoms with van der Waals surface area (Å²) in [6.07, 6.45) is 1.45. The molecule has 0 fully saturated rings. The highest BCUT2D eigenvalue weighted by Crippen LogP contribution is 2.18. The van der Waals surface area contributed by atoms with Gasteiger partial charge in [0.05, 0.1) is 12.7 Å². The van der Waals surface area contributed by atoms with Crippen molar-refractivity contribution in [2.45, 2.75) is 18.4 Å². The molecule has 0 aliphatic carbocycles. The summed E-state index contributed by atoms with van der Waals surface area (Å²) in [5, 5.41) is 8.84. The predicted molar refractivity (Wildman–Crippen MR) is 66.4 cm³/mol. The van der Waals surface area contributed by atoms with Crippen molar-refractivity contribution in [2.24, 2.45) is 0 Å². The second kappa shape index (κ2) is 5.40. The Kier molecular flexibility index (Phi) is 3.83. The molecule has 1 N–H and O–H groups in total. The van der Waals surface area contributed by atoms with Crippen LogP contribution in [0.15, 0.2) is 33.7 Å². The fourth-order valence-electron chi connectivity index (χ4n) is 1.55. The minimum Gasteiger partial charge on any atom is -0.445 e. The van der Waals surface area contributed by atoms with E-state index in [1.165, 1.54) is 18.3 Å². The van der Waals surface area contributed by atoms with E-state index in [1.54, 1.807) is 6.92 Å². The molecule has 6 nitrogen and oxygen atoms in total. The Labute approximate surface area is 114 Å². The Morgan fingerprint density at radius 1 is 1.50 bits per heavy atom. The van der Waals surface area contributed by atoms with E-state index >= 15 is 0 Å². The van der Waals surface area contributed by atoms with Gasteiger partial charge < -0.3 is 4.42 Å². The topological polar surface area (TPSA) is 96.0 Å². The van der Waals surface area contributed by atoms with Gasteiger partial charge in [0.1, 0.15) is 28.1 Å². The number of nitrogens with zero attached hydrogens (tertiary/aromatic N) is 2. The molecular formula is C12H10FN3O3S. The lowest BCUT2D eigenvalue weighted by molar-refractivity contribution is 0.463. The second-order valence-corrected chi connectivity index (χ2v) is 5.65. The largest absolute Gasteiger partial charge is 0.445 e. The summed E-state index contributed by atoms with van der Waals surface area (Å²) in [6.45, 7) is 1.49. The fraction of sp³-hybridized carbons (Fsp3) is 0.167. The molecule has 20 heavy (non-hydrogen) atoms. The maximum atomic E-state index is 13.4. The minimum absolute atomic E-state index is 0.181. The smallest absolute Gasteiger partial charge is 0.242 e. The Morgan fingerprint density at radius 3 is 2.85 bits per heavy atom. The second-order valence-electron chi connectivity index (χ2n) is 3.91. The van der Waals surface area contributed by atoms with Gasteiger partial charge in [0.15, 0.2) is 0 Å². The molecule has 2 aromatic rings. The number of benzene rings is 1. The van der Waals surface area contributed by atoms with Gasteiger partial charge in [0, 0.05) is 0 Å². The van der Waals surface area contributed by atoms with Crippen molar-refractivity contribution in [2.75, 3.05) is 0 Å². The summed E-state index contributed by atoms with van der Waals surface area (Å²) in [6, 6.07) is 4.94. The highest BCUT2D eigenvalue weighted by atomic mass is 32.2. The van der Waals surface area contributed by atoms with E-state index in [9.17, 15) is 12.8 Å². The monoisotopic (exact) mass is 295 g/mol. The standard InChI is InChI=1S/C12H10FN3O3S/c1-8-6-15-12(19-8)7-16-20(17,18)11-4-2-3-10(13)9(11)5-14/h2-4,6,16H,7H2,1H3. The molecule has 104 valence electrons. The maximum absolute atomic E-state index is 13.4. The average Bonchev–Trinajstić information content (AvgIpc) is 2.82. The van der Waals surface area contributed by atoms with Gasteiger partial charge in [-0.2, -0.15) is 5.26 Å². The van der Waals surface area contributed by atoms with Gasteiger partial charge in [-0.1, -0.05) is 6.07 Å². The molecule has 0 bridgehead atoms. The van der Waals surface area contributed by atoms with Crippen molar-refractivity contribution in [1.29, 1.82) is 5.26 Å². The summed E-state index contributed by atoms with van der Waals surface area (Å²) in [5.74, 6) is -0.161. The maximum Gasteiger partial charge on any atom is 0.242 e. The Balaban J connectivity index is 2.27. The van der Waals surface area contributed by atoms with Crippen molar-refractivity contribution >= 4 is 10.0 Å². The molecule has 1 heterocycles. The SMILES string of the molecule is Cc1cnc(CNS(=O)(=O)c2cccc(F)c2C#N)o1. The van der Waals surface area contributed by atoms with Crippen molar-refractivity contribution in [3.63, 3.8) is 0 Å². The quantitative estimate of drug-likeness (QED) is 0.921. The van der Waals surface area contributed by atoms with Crippen LogP contribution >= 0.6 is 0 Å². The fourth-order valence-corrected chi connectivity index (χ4v) is 2.69. The Bertz CT molecular complexity index is 777. The van der Waals surface area contributed by atoms with E-state index in [0.29, 0.717) is 5.76 Å². The van der Waals surface area contributed by atoms with Crippen LogP contribution in [0, 0.1) is 24.1 Å². The van der Waals surface area contributed by atoms with Gasteiger partial charge in [0.2, 0.25) is 15.9 Å². The van der Waals surface area contributed by atoms with E-state index in [-0.39, 0.29) is 12.4 Å². The number of sulfonamides is 1. The first kappa shape index (κ1) is 14.2. The van der Waals surface area contributed by atoms with E-state index < -0.39 is 26.3 Å². The minimum atomic E-state index is -4.03. The first-order chi connectivity index (χ1) is 9.44. The molecular weight excluding hydrogens is 285 g/mol. The number of hydrogen-bond acceptors (Lipinski definition) is 5. The third kappa shape index (κ3) is 2.84. The first-order valence-electron chi connectivity index (χ1n) is 5.53. The molecule has 8 heteroatoms. The molecule has 2 rings (SSSR count). The van der Waals surface area contributed by atoms with E-state index in [2.05, 4.69) is 9.71 Å². The number of rotatable bonds is 4. The number of nitriles is 1. The van der Waals surface area contributed by atoms with Crippen molar-refractivity contribution in [3.05, 3.63) is 47.4 Å². The molecule has 0 spiro atoms. The van der Waals surface area contributed by atoms with Crippen LogP contribution in [-0.4, -0.2) is 13.4 Å². The lowest BCUT2D eigenvalue weighted by Gasteiger charge is -2.07. The zero-order valence-corrected chi connectivity index (χ0v) is 11.2. The van der Waals surface area contributed by atoms with E-state index in [4.69, 9.17) is 9.68 Å². The summed E-state index contributed by atoms with van der Waals surface area (Å²) in [7, 11) is -4.03. The third-order valence-electron chi connectivity index (χ3n) is 2.46. The molecule has 0 aliphatic rings. The number of halogens is 1. The van der Waals surface area contributed by atoms with Gasteiger partial charge in [0.25, 0.3) is 0 Å². The van der Waals surface area contributed by atoms with Crippen LogP contribution < -0.4 is 4.72 Å². The number of oxazole rings is 1. The predicted octanol–water partition coefficient (Wildman–Crippen LogP) is 1.47. The molecule has 0 saturated heterocycles. The van der Waals surface area contributed by atoms with Crippen LogP contribution in [-0.2, 0) is 16.6 Å². The zero-order valence-electron chi connectivity index (χ0n) is 10.4. The highest BCUT2D eigenvalue weighted by molar-refractivity contribution is 7.89. The van der Waals surface area contributed by atoms with E-state index in [1.807, 2.05) is 0 Å². The van der Waals surface area contributed by atoms with E-state index in [0.717, 1.165) is 12.1 Å². The van der Waals surface area contributed by atoms with Crippen LogP contribution in [0.3, 0.4) is 0 Å². The van der Waals surface area contributed by atoms with Gasteiger partial charge in [-0.25, -0.2) is 22.5 Å². The Hall–Kier alpha value is -2.24. The lowest BCUT2D eigenvalue weighted by atomic mass is 10.2. The Morgan fingerprint density at radius 2 is 2.25 bits per heavy atom. The van der Waals surface area contributed by atoms with Crippen LogP contribution in [0.1, 0.15) is 17.2 Å². The molecule has 0 unspecified atom stereocenters. The molecule has 1 aromatic heterocycles. The van der Waals surface area contributed by atoms with Crippen LogP contribution in [0.5, 0.6) is 0 Å². The molecule has 0 atom stereocenters. The molecule has 0 saturated carbocycles. The molecule has 1 aromatic carbocycles. The van der Waals surface area contributed by atoms with Gasteiger partial charge >= 0.3 is 0 Å². The average molecular weight is 295 g/mol. The summed E-state index contributed by atoms with van der Waals surface area (Å²) in [4.78, 5) is 3.43. The first-order valence-corrected chi connectivity index (χ1v) is 7.02. The third-order valence-corrected chi connectivity index (χ3v) is 3.90. The molecule has 0 aliphatic heterocycles. The van der Waals surface area contributed by atoms with Crippen molar-refractivity contribution in [3.8, 4) is 6.07 Å². The molecule has 0 amide bonds.